The molecule has 0 amide bonds. The van der Waals surface area contributed by atoms with Gasteiger partial charge in [-0.25, -0.2) is 0 Å². The van der Waals surface area contributed by atoms with Crippen LogP contribution in [0.5, 0.6) is 0 Å². The van der Waals surface area contributed by atoms with Gasteiger partial charge in [0.05, 0.1) is 6.10 Å². The molecule has 0 heterocycles. The molecule has 17 heavy (non-hydrogen) atoms. The van der Waals surface area contributed by atoms with Crippen LogP contribution in [0.2, 0.25) is 0 Å². The molecule has 0 spiro atoms. The second kappa shape index (κ2) is 12.1. The smallest absolute Gasteiger partial charge is 0.146 e. The molecule has 0 aromatic rings. The van der Waals surface area contributed by atoms with Crippen LogP contribution >= 0.6 is 0 Å². The number of methoxy groups -OCH3 is 1. The van der Waals surface area contributed by atoms with Gasteiger partial charge in [0.25, 0.3) is 0 Å². The van der Waals surface area contributed by atoms with Crippen LogP contribution in [0.25, 0.3) is 0 Å². The van der Waals surface area contributed by atoms with Gasteiger partial charge in [-0.2, -0.15) is 0 Å². The summed E-state index contributed by atoms with van der Waals surface area (Å²) >= 11 is 0. The van der Waals surface area contributed by atoms with Crippen LogP contribution < -0.4 is 0 Å². The predicted octanol–water partition coefficient (Wildman–Crippen LogP) is 4.55. The van der Waals surface area contributed by atoms with Gasteiger partial charge in [-0.15, -0.1) is 6.58 Å². The molecule has 0 aliphatic heterocycles. The second-order valence-corrected chi connectivity index (χ2v) is 4.65. The predicted molar refractivity (Wildman–Crippen MR) is 74.1 cm³/mol. The van der Waals surface area contributed by atoms with E-state index in [0.717, 1.165) is 6.42 Å². The van der Waals surface area contributed by atoms with Crippen LogP contribution in [-0.4, -0.2) is 20.0 Å². The summed E-state index contributed by atoms with van der Waals surface area (Å²) in [6, 6.07) is 0. The summed E-state index contributed by atoms with van der Waals surface area (Å²) in [7, 11) is 1.68. The lowest BCUT2D eigenvalue weighted by atomic mass is 9.92. The second-order valence-electron chi connectivity index (χ2n) is 4.65. The van der Waals surface area contributed by atoms with Crippen LogP contribution in [0.3, 0.4) is 0 Å². The molecule has 2 nitrogen and oxygen atoms in total. The first-order valence-electron chi connectivity index (χ1n) is 7.03. The Labute approximate surface area is 107 Å². The summed E-state index contributed by atoms with van der Waals surface area (Å²) in [6.07, 6.45) is 10.9. The Morgan fingerprint density at radius 1 is 1.06 bits per heavy atom. The van der Waals surface area contributed by atoms with E-state index >= 15 is 0 Å². The van der Waals surface area contributed by atoms with Crippen molar-refractivity contribution in [2.45, 2.75) is 64.9 Å². The highest BCUT2D eigenvalue weighted by Crippen LogP contribution is 2.22. The Bertz CT molecular complexity index is 168. The first kappa shape index (κ1) is 16.7. The lowest BCUT2D eigenvalue weighted by Crippen LogP contribution is -2.24. The van der Waals surface area contributed by atoms with Gasteiger partial charge in [0, 0.05) is 13.0 Å². The Morgan fingerprint density at radius 2 is 1.76 bits per heavy atom. The van der Waals surface area contributed by atoms with E-state index in [4.69, 9.17) is 9.47 Å². The van der Waals surface area contributed by atoms with Crippen LogP contribution in [0, 0.1) is 5.92 Å². The lowest BCUT2D eigenvalue weighted by Gasteiger charge is -2.24. The van der Waals surface area contributed by atoms with Crippen molar-refractivity contribution >= 4 is 0 Å². The Kier molecular flexibility index (Phi) is 11.9. The summed E-state index contributed by atoms with van der Waals surface area (Å²) in [6.45, 7) is 8.80. The number of hydrogen-bond acceptors (Lipinski definition) is 2. The lowest BCUT2D eigenvalue weighted by molar-refractivity contribution is -0.0890. The molecule has 0 saturated carbocycles. The summed E-state index contributed by atoms with van der Waals surface area (Å²) in [4.78, 5) is 0. The van der Waals surface area contributed by atoms with Crippen LogP contribution in [0.4, 0.5) is 0 Å². The van der Waals surface area contributed by atoms with E-state index in [0.29, 0.717) is 12.7 Å². The first-order chi connectivity index (χ1) is 8.29. The third-order valence-corrected chi connectivity index (χ3v) is 3.16. The van der Waals surface area contributed by atoms with Crippen molar-refractivity contribution in [1.82, 2.24) is 0 Å². The maximum absolute atomic E-state index is 5.79. The molecule has 0 N–H and O–H groups in total. The average Bonchev–Trinajstić information content (AvgIpc) is 2.36. The van der Waals surface area contributed by atoms with Gasteiger partial charge in [0.2, 0.25) is 0 Å². The summed E-state index contributed by atoms with van der Waals surface area (Å²) in [5, 5.41) is 0. The zero-order valence-electron chi connectivity index (χ0n) is 11.9. The molecule has 0 rings (SSSR count). The highest BCUT2D eigenvalue weighted by atomic mass is 16.7. The van der Waals surface area contributed by atoms with E-state index < -0.39 is 0 Å². The minimum Gasteiger partial charge on any atom is -0.359 e. The Balaban J connectivity index is 4.12. The fourth-order valence-corrected chi connectivity index (χ4v) is 2.07. The molecule has 2 atom stereocenters. The Hall–Kier alpha value is -0.340. The van der Waals surface area contributed by atoms with Gasteiger partial charge < -0.3 is 9.47 Å². The molecule has 0 bridgehead atoms. The van der Waals surface area contributed by atoms with Gasteiger partial charge in [0.15, 0.2) is 0 Å². The monoisotopic (exact) mass is 242 g/mol. The normalized spacial score (nSPS) is 14.5. The fraction of sp³-hybridized carbons (Fsp3) is 0.867. The molecule has 0 aliphatic rings. The van der Waals surface area contributed by atoms with Gasteiger partial charge in [-0.3, -0.25) is 0 Å². The van der Waals surface area contributed by atoms with Crippen LogP contribution in [0.15, 0.2) is 12.7 Å². The minimum absolute atomic E-state index is 0.283. The topological polar surface area (TPSA) is 18.5 Å². The molecule has 2 heteroatoms. The summed E-state index contributed by atoms with van der Waals surface area (Å²) in [5.74, 6) is 0.474. The van der Waals surface area contributed by atoms with Gasteiger partial charge >= 0.3 is 0 Å². The van der Waals surface area contributed by atoms with E-state index in [1.54, 1.807) is 7.11 Å². The molecule has 0 aliphatic carbocycles. The molecular formula is C15H30O2. The van der Waals surface area contributed by atoms with Gasteiger partial charge in [-0.1, -0.05) is 52.0 Å². The minimum atomic E-state index is 0.283. The van der Waals surface area contributed by atoms with E-state index in [1.807, 2.05) is 0 Å². The molecule has 0 radical (unpaired) electrons. The molecule has 0 aromatic heterocycles. The number of ether oxygens (including phenoxy) is 2. The average molecular weight is 242 g/mol. The fourth-order valence-electron chi connectivity index (χ4n) is 2.07. The highest BCUT2D eigenvalue weighted by Gasteiger charge is 2.18. The van der Waals surface area contributed by atoms with E-state index in [-0.39, 0.29) is 6.10 Å². The Morgan fingerprint density at radius 3 is 2.29 bits per heavy atom. The third-order valence-electron chi connectivity index (χ3n) is 3.16. The summed E-state index contributed by atoms with van der Waals surface area (Å²) < 4.78 is 10.8. The zero-order chi connectivity index (χ0) is 12.9. The van der Waals surface area contributed by atoms with Crippen molar-refractivity contribution in [1.29, 1.82) is 0 Å². The third kappa shape index (κ3) is 8.39. The van der Waals surface area contributed by atoms with Crippen molar-refractivity contribution in [3.05, 3.63) is 12.7 Å². The SMILES string of the molecule is C=C[C@@H](CCCC)[C@H](CCCCC)OCOC. The van der Waals surface area contributed by atoms with Crippen molar-refractivity contribution in [2.24, 2.45) is 5.92 Å². The maximum atomic E-state index is 5.79. The van der Waals surface area contributed by atoms with E-state index in [1.165, 1.54) is 38.5 Å². The van der Waals surface area contributed by atoms with Crippen molar-refractivity contribution in [3.8, 4) is 0 Å². The quantitative estimate of drug-likeness (QED) is 0.284. The first-order valence-corrected chi connectivity index (χ1v) is 7.03. The summed E-state index contributed by atoms with van der Waals surface area (Å²) in [5.41, 5.74) is 0. The van der Waals surface area contributed by atoms with E-state index in [2.05, 4.69) is 26.5 Å². The highest BCUT2D eigenvalue weighted by molar-refractivity contribution is 4.85. The standard InChI is InChI=1S/C15H30O2/c1-5-8-10-12-15(17-13-16-4)14(7-3)11-9-6-2/h7,14-15H,3,5-6,8-13H2,1-2,4H3/t14-,15-/m0/s1. The molecule has 0 saturated heterocycles. The van der Waals surface area contributed by atoms with Crippen molar-refractivity contribution < 1.29 is 9.47 Å². The molecule has 0 unspecified atom stereocenters. The molecule has 102 valence electrons. The van der Waals surface area contributed by atoms with Crippen molar-refractivity contribution in [2.75, 3.05) is 13.9 Å². The maximum Gasteiger partial charge on any atom is 0.146 e. The molecule has 0 fully saturated rings. The largest absolute Gasteiger partial charge is 0.359 e. The molecular weight excluding hydrogens is 212 g/mol. The number of hydrogen-bond donors (Lipinski definition) is 0. The molecule has 0 aromatic carbocycles. The van der Waals surface area contributed by atoms with Crippen LogP contribution in [-0.2, 0) is 9.47 Å². The van der Waals surface area contributed by atoms with E-state index in [9.17, 15) is 0 Å². The zero-order valence-corrected chi connectivity index (χ0v) is 11.9. The number of rotatable bonds is 12. The number of unbranched alkanes of at least 4 members (excludes halogenated alkanes) is 3. The van der Waals surface area contributed by atoms with Gasteiger partial charge in [0.1, 0.15) is 6.79 Å². The van der Waals surface area contributed by atoms with Gasteiger partial charge in [-0.05, 0) is 12.8 Å². The van der Waals surface area contributed by atoms with Crippen molar-refractivity contribution in [3.63, 3.8) is 0 Å². The van der Waals surface area contributed by atoms with Crippen LogP contribution in [0.1, 0.15) is 58.8 Å².